The molecule has 1 aromatic carbocycles. The maximum Gasteiger partial charge on any atom is 0.335 e. The lowest BCUT2D eigenvalue weighted by Crippen LogP contribution is -2.16. The summed E-state index contributed by atoms with van der Waals surface area (Å²) >= 11 is 1.64. The van der Waals surface area contributed by atoms with E-state index in [2.05, 4.69) is 16.8 Å². The van der Waals surface area contributed by atoms with E-state index in [1.54, 1.807) is 23.5 Å². The molecule has 0 saturated carbocycles. The van der Waals surface area contributed by atoms with Gasteiger partial charge >= 0.3 is 5.97 Å². The standard InChI is InChI=1S/C14H16N2O2S/c1-9(16(2)3)13-15-8-12(19-13)10-4-6-11(7-5-10)14(17)18/h4-9H,1-3H3,(H,17,18). The molecule has 1 heterocycles. The molecule has 100 valence electrons. The third-order valence-electron chi connectivity index (χ3n) is 3.07. The molecule has 1 atom stereocenters. The van der Waals surface area contributed by atoms with E-state index < -0.39 is 5.97 Å². The maximum absolute atomic E-state index is 10.8. The van der Waals surface area contributed by atoms with Gasteiger partial charge in [0.05, 0.1) is 16.5 Å². The van der Waals surface area contributed by atoms with E-state index in [1.165, 1.54) is 0 Å². The van der Waals surface area contributed by atoms with E-state index in [1.807, 2.05) is 32.4 Å². The molecule has 4 nitrogen and oxygen atoms in total. The first-order chi connectivity index (χ1) is 8.99. The first kappa shape index (κ1) is 13.7. The molecule has 0 bridgehead atoms. The summed E-state index contributed by atoms with van der Waals surface area (Å²) in [7, 11) is 4.04. The quantitative estimate of drug-likeness (QED) is 0.932. The minimum absolute atomic E-state index is 0.275. The lowest BCUT2D eigenvalue weighted by atomic mass is 10.1. The number of nitrogens with zero attached hydrogens (tertiary/aromatic N) is 2. The molecule has 19 heavy (non-hydrogen) atoms. The van der Waals surface area contributed by atoms with Gasteiger partial charge in [0.25, 0.3) is 0 Å². The van der Waals surface area contributed by atoms with Crippen LogP contribution in [-0.2, 0) is 0 Å². The van der Waals surface area contributed by atoms with Crippen molar-refractivity contribution in [2.75, 3.05) is 14.1 Å². The predicted octanol–water partition coefficient (Wildman–Crippen LogP) is 3.13. The summed E-state index contributed by atoms with van der Waals surface area (Å²) in [5.41, 5.74) is 1.30. The van der Waals surface area contributed by atoms with Gasteiger partial charge < -0.3 is 10.0 Å². The van der Waals surface area contributed by atoms with E-state index >= 15 is 0 Å². The van der Waals surface area contributed by atoms with Crippen LogP contribution in [0.2, 0.25) is 0 Å². The van der Waals surface area contributed by atoms with Gasteiger partial charge in [-0.1, -0.05) is 12.1 Å². The third-order valence-corrected chi connectivity index (χ3v) is 4.29. The lowest BCUT2D eigenvalue weighted by molar-refractivity contribution is 0.0697. The topological polar surface area (TPSA) is 53.4 Å². The first-order valence-electron chi connectivity index (χ1n) is 5.95. The summed E-state index contributed by atoms with van der Waals surface area (Å²) in [4.78, 5) is 18.4. The second-order valence-corrected chi connectivity index (χ2v) is 5.65. The molecule has 0 aliphatic rings. The van der Waals surface area contributed by atoms with Crippen LogP contribution in [0.3, 0.4) is 0 Å². The molecular formula is C14H16N2O2S. The lowest BCUT2D eigenvalue weighted by Gasteiger charge is -2.16. The SMILES string of the molecule is CC(c1ncc(-c2ccc(C(=O)O)cc2)s1)N(C)C. The van der Waals surface area contributed by atoms with Crippen molar-refractivity contribution in [3.63, 3.8) is 0 Å². The molecule has 1 aromatic heterocycles. The van der Waals surface area contributed by atoms with Crippen LogP contribution in [0.1, 0.15) is 28.3 Å². The van der Waals surface area contributed by atoms with Gasteiger partial charge in [-0.2, -0.15) is 0 Å². The molecule has 1 N–H and O–H groups in total. The highest BCUT2D eigenvalue weighted by molar-refractivity contribution is 7.15. The Morgan fingerprint density at radius 2 is 1.95 bits per heavy atom. The summed E-state index contributed by atoms with van der Waals surface area (Å²) in [6.07, 6.45) is 1.84. The monoisotopic (exact) mass is 276 g/mol. The van der Waals surface area contributed by atoms with Crippen LogP contribution in [0.4, 0.5) is 0 Å². The second kappa shape index (κ2) is 5.50. The number of aromatic nitrogens is 1. The van der Waals surface area contributed by atoms with Crippen molar-refractivity contribution in [3.05, 3.63) is 41.0 Å². The van der Waals surface area contributed by atoms with E-state index in [0.29, 0.717) is 5.56 Å². The summed E-state index contributed by atoms with van der Waals surface area (Å²) < 4.78 is 0. The number of rotatable bonds is 4. The number of benzene rings is 1. The van der Waals surface area contributed by atoms with E-state index in [0.717, 1.165) is 15.4 Å². The van der Waals surface area contributed by atoms with Gasteiger partial charge in [-0.25, -0.2) is 9.78 Å². The summed E-state index contributed by atoms with van der Waals surface area (Å²) in [5, 5.41) is 9.93. The Balaban J connectivity index is 2.25. The van der Waals surface area contributed by atoms with Crippen molar-refractivity contribution >= 4 is 17.3 Å². The molecular weight excluding hydrogens is 260 g/mol. The zero-order chi connectivity index (χ0) is 14.0. The molecule has 5 heteroatoms. The summed E-state index contributed by atoms with van der Waals surface area (Å²) in [5.74, 6) is -0.905. The molecule has 2 aromatic rings. The molecule has 0 amide bonds. The number of carbonyl (C=O) groups is 1. The summed E-state index contributed by atoms with van der Waals surface area (Å²) in [6, 6.07) is 7.15. The fraction of sp³-hybridized carbons (Fsp3) is 0.286. The normalized spacial score (nSPS) is 12.6. The van der Waals surface area contributed by atoms with Crippen LogP contribution in [0.25, 0.3) is 10.4 Å². The van der Waals surface area contributed by atoms with Crippen LogP contribution in [0.5, 0.6) is 0 Å². The molecule has 0 fully saturated rings. The molecule has 0 spiro atoms. The van der Waals surface area contributed by atoms with Crippen LogP contribution < -0.4 is 0 Å². The molecule has 1 unspecified atom stereocenters. The number of aromatic carboxylic acids is 1. The van der Waals surface area contributed by atoms with Crippen molar-refractivity contribution in [2.24, 2.45) is 0 Å². The predicted molar refractivity (Wildman–Crippen MR) is 76.6 cm³/mol. The Labute approximate surface area is 116 Å². The molecule has 0 aliphatic heterocycles. The smallest absolute Gasteiger partial charge is 0.335 e. The van der Waals surface area contributed by atoms with Crippen LogP contribution >= 0.6 is 11.3 Å². The van der Waals surface area contributed by atoms with Gasteiger partial charge in [-0.3, -0.25) is 0 Å². The van der Waals surface area contributed by atoms with Crippen LogP contribution in [0, 0.1) is 0 Å². The van der Waals surface area contributed by atoms with Gasteiger partial charge in [0.2, 0.25) is 0 Å². The Bertz CT molecular complexity index is 575. The summed E-state index contributed by atoms with van der Waals surface area (Å²) in [6.45, 7) is 2.11. The number of hydrogen-bond donors (Lipinski definition) is 1. The Kier molecular flexibility index (Phi) is 3.97. The van der Waals surface area contributed by atoms with Gasteiger partial charge in [0, 0.05) is 6.20 Å². The van der Waals surface area contributed by atoms with Gasteiger partial charge in [0.15, 0.2) is 0 Å². The van der Waals surface area contributed by atoms with E-state index in [4.69, 9.17) is 5.11 Å². The van der Waals surface area contributed by atoms with Gasteiger partial charge in [-0.05, 0) is 38.7 Å². The molecule has 2 rings (SSSR count). The van der Waals surface area contributed by atoms with Gasteiger partial charge in [0.1, 0.15) is 5.01 Å². The number of thiazole rings is 1. The van der Waals surface area contributed by atoms with Crippen molar-refractivity contribution < 1.29 is 9.90 Å². The second-order valence-electron chi connectivity index (χ2n) is 4.58. The highest BCUT2D eigenvalue weighted by Crippen LogP contribution is 2.30. The average Bonchev–Trinajstić information content (AvgIpc) is 2.87. The van der Waals surface area contributed by atoms with Crippen molar-refractivity contribution in [1.29, 1.82) is 0 Å². The minimum Gasteiger partial charge on any atom is -0.478 e. The van der Waals surface area contributed by atoms with Crippen molar-refractivity contribution in [2.45, 2.75) is 13.0 Å². The highest BCUT2D eigenvalue weighted by atomic mass is 32.1. The number of hydrogen-bond acceptors (Lipinski definition) is 4. The first-order valence-corrected chi connectivity index (χ1v) is 6.76. The van der Waals surface area contributed by atoms with Crippen LogP contribution in [-0.4, -0.2) is 35.1 Å². The zero-order valence-corrected chi connectivity index (χ0v) is 11.9. The van der Waals surface area contributed by atoms with E-state index in [9.17, 15) is 4.79 Å². The Hall–Kier alpha value is -1.72. The van der Waals surface area contributed by atoms with E-state index in [-0.39, 0.29) is 6.04 Å². The van der Waals surface area contributed by atoms with Gasteiger partial charge in [-0.15, -0.1) is 11.3 Å². The van der Waals surface area contributed by atoms with Crippen molar-refractivity contribution in [3.8, 4) is 10.4 Å². The molecule has 0 aliphatic carbocycles. The van der Waals surface area contributed by atoms with Crippen LogP contribution in [0.15, 0.2) is 30.5 Å². The maximum atomic E-state index is 10.8. The Morgan fingerprint density at radius 3 is 2.47 bits per heavy atom. The molecule has 0 saturated heterocycles. The largest absolute Gasteiger partial charge is 0.478 e. The minimum atomic E-state index is -0.905. The fourth-order valence-electron chi connectivity index (χ4n) is 1.61. The van der Waals surface area contributed by atoms with Crippen molar-refractivity contribution in [1.82, 2.24) is 9.88 Å². The molecule has 0 radical (unpaired) electrons. The average molecular weight is 276 g/mol. The zero-order valence-electron chi connectivity index (χ0n) is 11.1. The number of carboxylic acids is 1. The highest BCUT2D eigenvalue weighted by Gasteiger charge is 2.13. The number of carboxylic acid groups (broad SMARTS) is 1. The Morgan fingerprint density at radius 1 is 1.32 bits per heavy atom. The fourth-order valence-corrected chi connectivity index (χ4v) is 2.68. The third kappa shape index (κ3) is 3.00.